The first-order chi connectivity index (χ1) is 14.4. The fourth-order valence-corrected chi connectivity index (χ4v) is 4.02. The number of benzene rings is 2. The summed E-state index contributed by atoms with van der Waals surface area (Å²) in [7, 11) is 0. The highest BCUT2D eigenvalue weighted by atomic mass is 79.9. The SMILES string of the molecule is Cc1cc(/C(O)=C2/C(=O)C(=O)N(c3ccc(Br)cc3)C2c2ccncc2)ccc1Br. The zero-order chi connectivity index (χ0) is 21.4. The second-order valence-electron chi connectivity index (χ2n) is 6.89. The molecule has 150 valence electrons. The third kappa shape index (κ3) is 3.59. The Labute approximate surface area is 190 Å². The molecule has 2 heterocycles. The van der Waals surface area contributed by atoms with Crippen LogP contribution in [0.15, 0.2) is 81.5 Å². The minimum absolute atomic E-state index is 0.0517. The molecular weight excluding hydrogens is 512 g/mol. The van der Waals surface area contributed by atoms with Crippen molar-refractivity contribution >= 4 is 55.0 Å². The maximum atomic E-state index is 13.1. The van der Waals surface area contributed by atoms with Crippen LogP contribution in [0.5, 0.6) is 0 Å². The monoisotopic (exact) mass is 526 g/mol. The summed E-state index contributed by atoms with van der Waals surface area (Å²) in [5.41, 5.74) is 2.68. The van der Waals surface area contributed by atoms with Gasteiger partial charge in [-0.05, 0) is 66.6 Å². The van der Waals surface area contributed by atoms with E-state index in [2.05, 4.69) is 36.8 Å². The van der Waals surface area contributed by atoms with E-state index < -0.39 is 17.7 Å². The third-order valence-corrected chi connectivity index (χ3v) is 6.42. The summed E-state index contributed by atoms with van der Waals surface area (Å²) in [5, 5.41) is 11.1. The molecule has 0 aliphatic carbocycles. The fourth-order valence-electron chi connectivity index (χ4n) is 3.51. The number of hydrogen-bond donors (Lipinski definition) is 1. The topological polar surface area (TPSA) is 70.5 Å². The fraction of sp³-hybridized carbons (Fsp3) is 0.0870. The maximum Gasteiger partial charge on any atom is 0.300 e. The largest absolute Gasteiger partial charge is 0.507 e. The van der Waals surface area contributed by atoms with E-state index in [4.69, 9.17) is 0 Å². The molecule has 1 amide bonds. The second-order valence-corrected chi connectivity index (χ2v) is 8.66. The van der Waals surface area contributed by atoms with Gasteiger partial charge in [-0.2, -0.15) is 0 Å². The number of rotatable bonds is 3. The van der Waals surface area contributed by atoms with Crippen molar-refractivity contribution in [2.45, 2.75) is 13.0 Å². The summed E-state index contributed by atoms with van der Waals surface area (Å²) in [6.45, 7) is 1.89. The minimum atomic E-state index is -0.766. The standard InChI is InChI=1S/C23H16Br2N2O3/c1-13-12-15(2-7-18(13)25)21(28)19-20(14-8-10-26-11-9-14)27(23(30)22(19)29)17-5-3-16(24)4-6-17/h2-12,20,28H,1H3/b21-19-. The van der Waals surface area contributed by atoms with Gasteiger partial charge in [0.15, 0.2) is 0 Å². The molecule has 3 aromatic rings. The number of pyridine rings is 1. The summed E-state index contributed by atoms with van der Waals surface area (Å²) in [6.07, 6.45) is 3.20. The van der Waals surface area contributed by atoms with Crippen LogP contribution >= 0.6 is 31.9 Å². The summed E-state index contributed by atoms with van der Waals surface area (Å²) in [6, 6.07) is 15.1. The molecular formula is C23H16Br2N2O3. The lowest BCUT2D eigenvalue weighted by Crippen LogP contribution is -2.29. The Hall–Kier alpha value is -2.77. The van der Waals surface area contributed by atoms with Gasteiger partial charge in [-0.3, -0.25) is 19.5 Å². The number of aromatic nitrogens is 1. The van der Waals surface area contributed by atoms with Gasteiger partial charge in [-0.15, -0.1) is 0 Å². The second kappa shape index (κ2) is 8.16. The summed E-state index contributed by atoms with van der Waals surface area (Å²) in [4.78, 5) is 31.6. The lowest BCUT2D eigenvalue weighted by Gasteiger charge is -2.25. The summed E-state index contributed by atoms with van der Waals surface area (Å²) in [5.74, 6) is -1.61. The zero-order valence-electron chi connectivity index (χ0n) is 15.8. The molecule has 0 spiro atoms. The molecule has 5 nitrogen and oxygen atoms in total. The number of carbonyl (C=O) groups excluding carboxylic acids is 2. The highest BCUT2D eigenvalue weighted by molar-refractivity contribution is 9.10. The van der Waals surface area contributed by atoms with Crippen molar-refractivity contribution < 1.29 is 14.7 Å². The van der Waals surface area contributed by atoms with Gasteiger partial charge in [0.2, 0.25) is 0 Å². The van der Waals surface area contributed by atoms with E-state index in [1.54, 1.807) is 67.0 Å². The number of hydrogen-bond acceptors (Lipinski definition) is 4. The van der Waals surface area contributed by atoms with Gasteiger partial charge in [-0.1, -0.05) is 37.9 Å². The Morgan fingerprint density at radius 3 is 2.30 bits per heavy atom. The van der Waals surface area contributed by atoms with Gasteiger partial charge in [-0.25, -0.2) is 0 Å². The average Bonchev–Trinajstić information content (AvgIpc) is 3.02. The third-order valence-electron chi connectivity index (χ3n) is 5.00. The van der Waals surface area contributed by atoms with E-state index in [9.17, 15) is 14.7 Å². The Balaban J connectivity index is 1.94. The van der Waals surface area contributed by atoms with E-state index in [1.165, 1.54) is 4.90 Å². The molecule has 1 atom stereocenters. The van der Waals surface area contributed by atoms with Crippen molar-refractivity contribution in [3.63, 3.8) is 0 Å². The highest BCUT2D eigenvalue weighted by Gasteiger charge is 2.46. The number of ketones is 1. The Bertz CT molecular complexity index is 1170. The van der Waals surface area contributed by atoms with Crippen molar-refractivity contribution in [3.05, 3.63) is 98.2 Å². The molecule has 1 unspecified atom stereocenters. The maximum absolute atomic E-state index is 13.1. The van der Waals surface area contributed by atoms with Crippen LogP contribution in [0.4, 0.5) is 5.69 Å². The zero-order valence-corrected chi connectivity index (χ0v) is 19.0. The minimum Gasteiger partial charge on any atom is -0.507 e. The molecule has 1 saturated heterocycles. The van der Waals surface area contributed by atoms with Crippen LogP contribution in [0.2, 0.25) is 0 Å². The first-order valence-corrected chi connectivity index (χ1v) is 10.7. The average molecular weight is 528 g/mol. The van der Waals surface area contributed by atoms with Crippen LogP contribution in [-0.2, 0) is 9.59 Å². The first-order valence-electron chi connectivity index (χ1n) is 9.11. The number of Topliss-reactive ketones (excluding diaryl/α,β-unsaturated/α-hetero) is 1. The Morgan fingerprint density at radius 1 is 1.00 bits per heavy atom. The predicted octanol–water partition coefficient (Wildman–Crippen LogP) is 5.54. The number of aryl methyl sites for hydroxylation is 1. The lowest BCUT2D eigenvalue weighted by atomic mass is 9.95. The number of amides is 1. The van der Waals surface area contributed by atoms with Crippen molar-refractivity contribution in [2.75, 3.05) is 4.90 Å². The number of aliphatic hydroxyl groups is 1. The van der Waals surface area contributed by atoms with Gasteiger partial charge in [0.25, 0.3) is 11.7 Å². The molecule has 1 aliphatic rings. The van der Waals surface area contributed by atoms with Gasteiger partial charge in [0, 0.05) is 32.6 Å². The van der Waals surface area contributed by atoms with Crippen molar-refractivity contribution in [1.29, 1.82) is 0 Å². The Morgan fingerprint density at radius 2 is 1.67 bits per heavy atom. The number of nitrogens with zero attached hydrogens (tertiary/aromatic N) is 2. The van der Waals surface area contributed by atoms with Crippen molar-refractivity contribution in [1.82, 2.24) is 4.98 Å². The van der Waals surface area contributed by atoms with Crippen LogP contribution in [0.1, 0.15) is 22.7 Å². The van der Waals surface area contributed by atoms with E-state index in [-0.39, 0.29) is 11.3 Å². The Kier molecular flexibility index (Phi) is 5.58. The normalized spacial score (nSPS) is 18.1. The van der Waals surface area contributed by atoms with Crippen LogP contribution in [0.25, 0.3) is 5.76 Å². The molecule has 0 bridgehead atoms. The summed E-state index contributed by atoms with van der Waals surface area (Å²) >= 11 is 6.83. The molecule has 0 saturated carbocycles. The molecule has 0 radical (unpaired) electrons. The number of aliphatic hydroxyl groups excluding tert-OH is 1. The molecule has 1 aliphatic heterocycles. The molecule has 1 aromatic heterocycles. The van der Waals surface area contributed by atoms with Gasteiger partial charge in [0.1, 0.15) is 5.76 Å². The first kappa shape index (κ1) is 20.5. The lowest BCUT2D eigenvalue weighted by molar-refractivity contribution is -0.132. The summed E-state index contributed by atoms with van der Waals surface area (Å²) < 4.78 is 1.74. The molecule has 1 N–H and O–H groups in total. The molecule has 4 rings (SSSR count). The van der Waals surface area contributed by atoms with Gasteiger partial charge < -0.3 is 5.11 Å². The molecule has 2 aromatic carbocycles. The van der Waals surface area contributed by atoms with E-state index in [0.717, 1.165) is 14.5 Å². The number of halogens is 2. The predicted molar refractivity (Wildman–Crippen MR) is 122 cm³/mol. The number of anilines is 1. The van der Waals surface area contributed by atoms with Crippen LogP contribution in [0.3, 0.4) is 0 Å². The molecule has 7 heteroatoms. The smallest absolute Gasteiger partial charge is 0.300 e. The highest BCUT2D eigenvalue weighted by Crippen LogP contribution is 2.42. The van der Waals surface area contributed by atoms with Gasteiger partial charge in [0.05, 0.1) is 11.6 Å². The molecule has 30 heavy (non-hydrogen) atoms. The van der Waals surface area contributed by atoms with E-state index in [0.29, 0.717) is 16.8 Å². The number of carbonyl (C=O) groups is 2. The van der Waals surface area contributed by atoms with Crippen molar-refractivity contribution in [2.24, 2.45) is 0 Å². The van der Waals surface area contributed by atoms with Crippen LogP contribution < -0.4 is 4.90 Å². The van der Waals surface area contributed by atoms with E-state index in [1.807, 2.05) is 6.92 Å². The molecule has 1 fully saturated rings. The quantitative estimate of drug-likeness (QED) is 0.276. The van der Waals surface area contributed by atoms with Crippen molar-refractivity contribution in [3.8, 4) is 0 Å². The van der Waals surface area contributed by atoms with Crippen LogP contribution in [-0.4, -0.2) is 21.8 Å². The van der Waals surface area contributed by atoms with E-state index >= 15 is 0 Å². The van der Waals surface area contributed by atoms with Gasteiger partial charge >= 0.3 is 0 Å². The van der Waals surface area contributed by atoms with Crippen LogP contribution in [0, 0.1) is 6.92 Å².